The van der Waals surface area contributed by atoms with E-state index in [9.17, 15) is 18.0 Å². The third kappa shape index (κ3) is 8.17. The molecule has 8 heteroatoms. The van der Waals surface area contributed by atoms with Crippen LogP contribution in [0.5, 0.6) is 0 Å². The lowest BCUT2D eigenvalue weighted by Gasteiger charge is -2.33. The highest BCUT2D eigenvalue weighted by Crippen LogP contribution is 2.20. The predicted molar refractivity (Wildman–Crippen MR) is 137 cm³/mol. The van der Waals surface area contributed by atoms with Gasteiger partial charge in [-0.2, -0.15) is 0 Å². The summed E-state index contributed by atoms with van der Waals surface area (Å²) in [6.45, 7) is 8.18. The van der Waals surface area contributed by atoms with Crippen molar-refractivity contribution in [3.63, 3.8) is 0 Å². The number of nitrogens with one attached hydrogen (secondary N) is 1. The number of hydrogen-bond acceptors (Lipinski definition) is 4. The van der Waals surface area contributed by atoms with Crippen LogP contribution in [0, 0.1) is 12.8 Å². The van der Waals surface area contributed by atoms with Crippen LogP contribution in [0.15, 0.2) is 54.6 Å². The number of carbonyl (C=O) groups is 2. The lowest BCUT2D eigenvalue weighted by Crippen LogP contribution is -2.53. The fourth-order valence-corrected chi connectivity index (χ4v) is 4.56. The molecule has 0 aliphatic carbocycles. The number of aryl methyl sites for hydroxylation is 1. The maximum atomic E-state index is 13.6. The largest absolute Gasteiger partial charge is 0.354 e. The van der Waals surface area contributed by atoms with E-state index in [4.69, 9.17) is 0 Å². The van der Waals surface area contributed by atoms with E-state index in [1.165, 1.54) is 4.90 Å². The number of amides is 2. The third-order valence-corrected chi connectivity index (χ3v) is 6.66. The van der Waals surface area contributed by atoms with Gasteiger partial charge in [-0.05, 0) is 48.9 Å². The van der Waals surface area contributed by atoms with Crippen LogP contribution in [-0.2, 0) is 26.0 Å². The maximum Gasteiger partial charge on any atom is 0.244 e. The Kier molecular flexibility index (Phi) is 10.1. The smallest absolute Gasteiger partial charge is 0.244 e. The van der Waals surface area contributed by atoms with Crippen LogP contribution in [0.25, 0.3) is 0 Å². The zero-order valence-corrected chi connectivity index (χ0v) is 21.6. The SMILES string of the molecule is CC[C@H](C(=O)NCC(C)C)N(CCc1ccccc1)C(=O)CN(c1cccc(C)c1)S(C)(=O)=O. The minimum Gasteiger partial charge on any atom is -0.354 e. The van der Waals surface area contributed by atoms with Gasteiger partial charge in [-0.3, -0.25) is 13.9 Å². The molecular weight excluding hydrogens is 450 g/mol. The summed E-state index contributed by atoms with van der Waals surface area (Å²) in [5.74, 6) is -0.356. The monoisotopic (exact) mass is 487 g/mol. The summed E-state index contributed by atoms with van der Waals surface area (Å²) in [5, 5.41) is 2.92. The van der Waals surface area contributed by atoms with Gasteiger partial charge in [0.2, 0.25) is 21.8 Å². The first-order valence-electron chi connectivity index (χ1n) is 11.7. The summed E-state index contributed by atoms with van der Waals surface area (Å²) < 4.78 is 26.3. The van der Waals surface area contributed by atoms with E-state index in [0.29, 0.717) is 31.6 Å². The van der Waals surface area contributed by atoms with Crippen molar-refractivity contribution < 1.29 is 18.0 Å². The van der Waals surface area contributed by atoms with Crippen LogP contribution in [0.4, 0.5) is 5.69 Å². The summed E-state index contributed by atoms with van der Waals surface area (Å²) in [5.41, 5.74) is 2.35. The lowest BCUT2D eigenvalue weighted by molar-refractivity contribution is -0.139. The molecule has 0 radical (unpaired) electrons. The summed E-state index contributed by atoms with van der Waals surface area (Å²) in [7, 11) is -3.72. The Balaban J connectivity index is 2.34. The molecule has 0 aromatic heterocycles. The number of rotatable bonds is 12. The van der Waals surface area contributed by atoms with E-state index < -0.39 is 22.0 Å². The molecule has 0 bridgehead atoms. The molecule has 0 saturated carbocycles. The summed E-state index contributed by atoms with van der Waals surface area (Å²) >= 11 is 0. The van der Waals surface area contributed by atoms with Gasteiger partial charge in [0.05, 0.1) is 11.9 Å². The number of sulfonamides is 1. The number of anilines is 1. The van der Waals surface area contributed by atoms with Gasteiger partial charge in [0.25, 0.3) is 0 Å². The first-order valence-corrected chi connectivity index (χ1v) is 13.5. The van der Waals surface area contributed by atoms with Crippen molar-refractivity contribution in [2.75, 3.05) is 30.2 Å². The van der Waals surface area contributed by atoms with Gasteiger partial charge in [0.15, 0.2) is 0 Å². The molecule has 7 nitrogen and oxygen atoms in total. The highest BCUT2D eigenvalue weighted by Gasteiger charge is 2.31. The second kappa shape index (κ2) is 12.6. The molecule has 2 amide bonds. The zero-order valence-electron chi connectivity index (χ0n) is 20.8. The van der Waals surface area contributed by atoms with Crippen molar-refractivity contribution in [3.05, 3.63) is 65.7 Å². The Bertz CT molecular complexity index is 1050. The van der Waals surface area contributed by atoms with Crippen molar-refractivity contribution in [2.24, 2.45) is 5.92 Å². The Morgan fingerprint density at radius 1 is 1.03 bits per heavy atom. The molecule has 2 aromatic carbocycles. The molecule has 1 N–H and O–H groups in total. The second-order valence-electron chi connectivity index (χ2n) is 8.99. The first kappa shape index (κ1) is 27.4. The Morgan fingerprint density at radius 2 is 1.71 bits per heavy atom. The summed E-state index contributed by atoms with van der Waals surface area (Å²) in [4.78, 5) is 28.1. The molecule has 34 heavy (non-hydrogen) atoms. The van der Waals surface area contributed by atoms with Crippen molar-refractivity contribution in [1.82, 2.24) is 10.2 Å². The van der Waals surface area contributed by atoms with E-state index in [1.54, 1.807) is 18.2 Å². The van der Waals surface area contributed by atoms with E-state index >= 15 is 0 Å². The molecule has 186 valence electrons. The number of hydrogen-bond donors (Lipinski definition) is 1. The molecule has 0 unspecified atom stereocenters. The quantitative estimate of drug-likeness (QED) is 0.497. The molecular formula is C26H37N3O4S. The molecule has 1 atom stereocenters. The standard InChI is InChI=1S/C26H37N3O4S/c1-6-24(26(31)27-18-20(2)3)28(16-15-22-12-8-7-9-13-22)25(30)19-29(34(5,32)33)23-14-10-11-21(4)17-23/h7-14,17,20,24H,6,15-16,18-19H2,1-5H3,(H,27,31)/t24-/m1/s1. The Labute approximate surface area is 204 Å². The highest BCUT2D eigenvalue weighted by molar-refractivity contribution is 7.92. The van der Waals surface area contributed by atoms with Gasteiger partial charge >= 0.3 is 0 Å². The van der Waals surface area contributed by atoms with Crippen molar-refractivity contribution in [2.45, 2.75) is 46.6 Å². The van der Waals surface area contributed by atoms with Gasteiger partial charge in [-0.1, -0.05) is 63.2 Å². The molecule has 0 spiro atoms. The average molecular weight is 488 g/mol. The molecule has 0 heterocycles. The van der Waals surface area contributed by atoms with E-state index in [2.05, 4.69) is 5.32 Å². The minimum absolute atomic E-state index is 0.223. The normalized spacial score (nSPS) is 12.3. The van der Waals surface area contributed by atoms with Gasteiger partial charge in [0.1, 0.15) is 12.6 Å². The fraction of sp³-hybridized carbons (Fsp3) is 0.462. The lowest BCUT2D eigenvalue weighted by atomic mass is 10.1. The van der Waals surface area contributed by atoms with Crippen LogP contribution < -0.4 is 9.62 Å². The van der Waals surface area contributed by atoms with E-state index in [1.807, 2.05) is 64.1 Å². The number of carbonyl (C=O) groups excluding carboxylic acids is 2. The zero-order chi connectivity index (χ0) is 25.3. The molecule has 0 saturated heterocycles. The van der Waals surface area contributed by atoms with Gasteiger partial charge in [-0.25, -0.2) is 8.42 Å². The second-order valence-corrected chi connectivity index (χ2v) is 10.9. The van der Waals surface area contributed by atoms with Crippen LogP contribution in [-0.4, -0.2) is 57.1 Å². The van der Waals surface area contributed by atoms with Crippen molar-refractivity contribution >= 4 is 27.5 Å². The van der Waals surface area contributed by atoms with Gasteiger partial charge < -0.3 is 10.2 Å². The Hall–Kier alpha value is -2.87. The fourth-order valence-electron chi connectivity index (χ4n) is 3.72. The van der Waals surface area contributed by atoms with Crippen LogP contribution in [0.3, 0.4) is 0 Å². The summed E-state index contributed by atoms with van der Waals surface area (Å²) in [6, 6.07) is 16.1. The number of benzene rings is 2. The molecule has 2 aromatic rings. The van der Waals surface area contributed by atoms with Crippen LogP contribution in [0.2, 0.25) is 0 Å². The van der Waals surface area contributed by atoms with Crippen LogP contribution in [0.1, 0.15) is 38.3 Å². The Morgan fingerprint density at radius 3 is 2.26 bits per heavy atom. The van der Waals surface area contributed by atoms with E-state index in [0.717, 1.165) is 21.7 Å². The van der Waals surface area contributed by atoms with Crippen molar-refractivity contribution in [3.8, 4) is 0 Å². The van der Waals surface area contributed by atoms with E-state index in [-0.39, 0.29) is 18.4 Å². The van der Waals surface area contributed by atoms with Crippen molar-refractivity contribution in [1.29, 1.82) is 0 Å². The molecule has 2 rings (SSSR count). The average Bonchev–Trinajstić information content (AvgIpc) is 2.78. The topological polar surface area (TPSA) is 86.8 Å². The molecule has 0 aliphatic heterocycles. The molecule has 0 aliphatic rings. The summed E-state index contributed by atoms with van der Waals surface area (Å²) in [6.07, 6.45) is 2.07. The first-order chi connectivity index (χ1) is 16.0. The van der Waals surface area contributed by atoms with Gasteiger partial charge in [0, 0.05) is 13.1 Å². The third-order valence-electron chi connectivity index (χ3n) is 5.52. The maximum absolute atomic E-state index is 13.6. The predicted octanol–water partition coefficient (Wildman–Crippen LogP) is 3.38. The van der Waals surface area contributed by atoms with Gasteiger partial charge in [-0.15, -0.1) is 0 Å². The van der Waals surface area contributed by atoms with Crippen LogP contribution >= 0.6 is 0 Å². The highest BCUT2D eigenvalue weighted by atomic mass is 32.2. The molecule has 0 fully saturated rings. The number of nitrogens with zero attached hydrogens (tertiary/aromatic N) is 2. The minimum atomic E-state index is -3.72.